The lowest BCUT2D eigenvalue weighted by atomic mass is 10.1. The summed E-state index contributed by atoms with van der Waals surface area (Å²) in [6.07, 6.45) is -0.480. The van der Waals surface area contributed by atoms with E-state index in [9.17, 15) is 35.2 Å². The normalized spacial score (nSPS) is 11.4. The van der Waals surface area contributed by atoms with Crippen LogP contribution in [0.3, 0.4) is 0 Å². The van der Waals surface area contributed by atoms with Gasteiger partial charge in [-0.15, -0.1) is 0 Å². The quantitative estimate of drug-likeness (QED) is 0.269. The average Bonchev–Trinajstić information content (AvgIpc) is 2.66. The van der Waals surface area contributed by atoms with Crippen LogP contribution in [-0.2, 0) is 14.8 Å². The van der Waals surface area contributed by atoms with Crippen molar-refractivity contribution in [1.29, 1.82) is 0 Å². The first-order valence-corrected chi connectivity index (χ1v) is 9.57. The number of anilines is 1. The van der Waals surface area contributed by atoms with Crippen LogP contribution in [0, 0.1) is 42.9 Å². The summed E-state index contributed by atoms with van der Waals surface area (Å²) >= 11 is 0. The van der Waals surface area contributed by atoms with Crippen LogP contribution in [-0.4, -0.2) is 20.9 Å². The standard InChI is InChI=1S/C17H16F5N3O3S/c1-8-3-4-10(7-9(8)2)29(27,28)23-6-5-11(26)24-25-17-15(21)13(19)12(18)14(20)16(17)22/h3-4,7,23,25H,5-6H2,1-2H3,(H,24,26). The van der Waals surface area contributed by atoms with Crippen LogP contribution in [0.4, 0.5) is 27.6 Å². The van der Waals surface area contributed by atoms with Crippen LogP contribution in [0.2, 0.25) is 0 Å². The fraction of sp³-hybridized carbons (Fsp3) is 0.235. The van der Waals surface area contributed by atoms with Crippen molar-refractivity contribution in [3.63, 3.8) is 0 Å². The van der Waals surface area contributed by atoms with E-state index in [0.29, 0.717) is 0 Å². The van der Waals surface area contributed by atoms with Crippen molar-refractivity contribution >= 4 is 21.6 Å². The zero-order valence-electron chi connectivity index (χ0n) is 15.2. The maximum Gasteiger partial charge on any atom is 0.240 e. The minimum atomic E-state index is -3.90. The van der Waals surface area contributed by atoms with Gasteiger partial charge in [0.2, 0.25) is 21.7 Å². The SMILES string of the molecule is Cc1ccc(S(=O)(=O)NCCC(=O)NNc2c(F)c(F)c(F)c(F)c2F)cc1C. The van der Waals surface area contributed by atoms with E-state index in [1.54, 1.807) is 30.8 Å². The van der Waals surface area contributed by atoms with Crippen LogP contribution in [0.5, 0.6) is 0 Å². The lowest BCUT2D eigenvalue weighted by Gasteiger charge is -2.12. The van der Waals surface area contributed by atoms with Crippen molar-refractivity contribution in [3.8, 4) is 0 Å². The third-order valence-corrected chi connectivity index (χ3v) is 5.43. The van der Waals surface area contributed by atoms with Crippen LogP contribution in [0.1, 0.15) is 17.5 Å². The highest BCUT2D eigenvalue weighted by Crippen LogP contribution is 2.26. The molecule has 0 saturated heterocycles. The molecule has 2 aromatic carbocycles. The van der Waals surface area contributed by atoms with Gasteiger partial charge in [-0.3, -0.25) is 15.6 Å². The maximum absolute atomic E-state index is 13.5. The zero-order chi connectivity index (χ0) is 21.9. The highest BCUT2D eigenvalue weighted by atomic mass is 32.2. The van der Waals surface area contributed by atoms with Gasteiger partial charge >= 0.3 is 0 Å². The largest absolute Gasteiger partial charge is 0.293 e. The molecule has 1 amide bonds. The smallest absolute Gasteiger partial charge is 0.240 e. The first-order chi connectivity index (χ1) is 13.5. The number of hydrogen-bond donors (Lipinski definition) is 3. The number of hydrazine groups is 1. The Morgan fingerprint density at radius 1 is 0.897 bits per heavy atom. The van der Waals surface area contributed by atoms with Gasteiger partial charge in [0.05, 0.1) is 4.90 Å². The van der Waals surface area contributed by atoms with Crippen LogP contribution in [0.15, 0.2) is 23.1 Å². The van der Waals surface area contributed by atoms with Crippen molar-refractivity contribution in [2.75, 3.05) is 12.0 Å². The van der Waals surface area contributed by atoms with E-state index >= 15 is 0 Å². The first kappa shape index (κ1) is 22.6. The number of amides is 1. The summed E-state index contributed by atoms with van der Waals surface area (Å²) in [5.74, 6) is -12.0. The monoisotopic (exact) mass is 437 g/mol. The molecule has 0 aliphatic heterocycles. The molecule has 0 fully saturated rings. The Bertz CT molecular complexity index is 1030. The average molecular weight is 437 g/mol. The Hall–Kier alpha value is -2.73. The highest BCUT2D eigenvalue weighted by molar-refractivity contribution is 7.89. The Morgan fingerprint density at radius 2 is 1.45 bits per heavy atom. The zero-order valence-corrected chi connectivity index (χ0v) is 16.0. The molecule has 0 atom stereocenters. The van der Waals surface area contributed by atoms with Crippen molar-refractivity contribution in [2.45, 2.75) is 25.2 Å². The lowest BCUT2D eigenvalue weighted by molar-refractivity contribution is -0.120. The van der Waals surface area contributed by atoms with Gasteiger partial charge < -0.3 is 0 Å². The van der Waals surface area contributed by atoms with E-state index < -0.39 is 57.1 Å². The minimum Gasteiger partial charge on any atom is -0.293 e. The molecule has 0 aromatic heterocycles. The van der Waals surface area contributed by atoms with Gasteiger partial charge in [-0.05, 0) is 37.1 Å². The molecular weight excluding hydrogens is 421 g/mol. The van der Waals surface area contributed by atoms with Gasteiger partial charge in [0.15, 0.2) is 23.3 Å². The topological polar surface area (TPSA) is 87.3 Å². The maximum atomic E-state index is 13.5. The third-order valence-electron chi connectivity index (χ3n) is 3.97. The highest BCUT2D eigenvalue weighted by Gasteiger charge is 2.26. The number of carbonyl (C=O) groups excluding carboxylic acids is 1. The Balaban J connectivity index is 1.95. The Labute approximate surface area is 163 Å². The number of sulfonamides is 1. The predicted octanol–water partition coefficient (Wildman–Crippen LogP) is 2.81. The van der Waals surface area contributed by atoms with E-state index in [4.69, 9.17) is 0 Å². The molecule has 0 spiro atoms. The molecule has 6 nitrogen and oxygen atoms in total. The van der Waals surface area contributed by atoms with Crippen molar-refractivity contribution in [3.05, 3.63) is 58.4 Å². The van der Waals surface area contributed by atoms with E-state index in [1.807, 2.05) is 0 Å². The number of nitrogens with one attached hydrogen (secondary N) is 3. The Kier molecular flexibility index (Phi) is 6.80. The van der Waals surface area contributed by atoms with E-state index in [0.717, 1.165) is 11.1 Å². The van der Waals surface area contributed by atoms with Crippen LogP contribution < -0.4 is 15.6 Å². The summed E-state index contributed by atoms with van der Waals surface area (Å²) in [7, 11) is -3.90. The molecule has 0 aliphatic rings. The van der Waals surface area contributed by atoms with Gasteiger partial charge in [0.25, 0.3) is 0 Å². The molecule has 0 heterocycles. The molecule has 0 unspecified atom stereocenters. The fourth-order valence-electron chi connectivity index (χ4n) is 2.17. The number of aryl methyl sites for hydroxylation is 2. The van der Waals surface area contributed by atoms with E-state index in [1.165, 1.54) is 12.1 Å². The molecule has 12 heteroatoms. The number of halogens is 5. The summed E-state index contributed by atoms with van der Waals surface area (Å²) < 4.78 is 92.6. The Morgan fingerprint density at radius 3 is 2.00 bits per heavy atom. The molecule has 0 aliphatic carbocycles. The number of benzene rings is 2. The van der Waals surface area contributed by atoms with Gasteiger partial charge in [-0.1, -0.05) is 6.07 Å². The fourth-order valence-corrected chi connectivity index (χ4v) is 3.29. The first-order valence-electron chi connectivity index (χ1n) is 8.09. The molecule has 0 radical (unpaired) electrons. The van der Waals surface area contributed by atoms with Gasteiger partial charge in [-0.25, -0.2) is 35.1 Å². The molecular formula is C17H16F5N3O3S. The molecule has 0 bridgehead atoms. The molecule has 29 heavy (non-hydrogen) atoms. The molecule has 2 rings (SSSR count). The van der Waals surface area contributed by atoms with Gasteiger partial charge in [-0.2, -0.15) is 0 Å². The molecule has 0 saturated carbocycles. The number of rotatable bonds is 7. The molecule has 2 aromatic rings. The number of carbonyl (C=O) groups is 1. The summed E-state index contributed by atoms with van der Waals surface area (Å²) in [4.78, 5) is 11.7. The van der Waals surface area contributed by atoms with Crippen LogP contribution >= 0.6 is 0 Å². The van der Waals surface area contributed by atoms with Crippen molar-refractivity contribution in [2.24, 2.45) is 0 Å². The summed E-state index contributed by atoms with van der Waals surface area (Å²) in [5, 5.41) is 0. The van der Waals surface area contributed by atoms with Gasteiger partial charge in [0, 0.05) is 13.0 Å². The summed E-state index contributed by atoms with van der Waals surface area (Å²) in [6.45, 7) is 3.16. The predicted molar refractivity (Wildman–Crippen MR) is 93.7 cm³/mol. The summed E-state index contributed by atoms with van der Waals surface area (Å²) in [6, 6.07) is 4.45. The van der Waals surface area contributed by atoms with Crippen molar-refractivity contribution in [1.82, 2.24) is 10.1 Å². The second-order valence-electron chi connectivity index (χ2n) is 6.01. The minimum absolute atomic E-state index is 0.0134. The van der Waals surface area contributed by atoms with Crippen molar-refractivity contribution < 1.29 is 35.2 Å². The van der Waals surface area contributed by atoms with E-state index in [2.05, 4.69) is 4.72 Å². The van der Waals surface area contributed by atoms with Gasteiger partial charge in [0.1, 0.15) is 5.69 Å². The second kappa shape index (κ2) is 8.74. The second-order valence-corrected chi connectivity index (χ2v) is 7.78. The third kappa shape index (κ3) is 5.01. The molecule has 3 N–H and O–H groups in total. The molecule has 158 valence electrons. The lowest BCUT2D eigenvalue weighted by Crippen LogP contribution is -2.34. The number of hydrogen-bond acceptors (Lipinski definition) is 4. The summed E-state index contributed by atoms with van der Waals surface area (Å²) in [5.41, 5.74) is 3.55. The van der Waals surface area contributed by atoms with Crippen LogP contribution in [0.25, 0.3) is 0 Å². The van der Waals surface area contributed by atoms with E-state index in [-0.39, 0.29) is 11.4 Å².